The molecule has 4 N–H and O–H groups in total. The second kappa shape index (κ2) is 8.66. The number of fused-ring (bicyclic) bond motifs is 1. The number of hydrogen-bond acceptors (Lipinski definition) is 6. The number of aryl methyl sites for hydroxylation is 2. The summed E-state index contributed by atoms with van der Waals surface area (Å²) in [5.41, 5.74) is 13.0. The maximum Gasteiger partial charge on any atom is 0.260 e. The van der Waals surface area contributed by atoms with Crippen LogP contribution >= 0.6 is 11.3 Å². The average molecular weight is 431 g/mol. The van der Waals surface area contributed by atoms with E-state index in [2.05, 4.69) is 4.98 Å². The summed E-state index contributed by atoms with van der Waals surface area (Å²) in [5.74, 6) is -0.806. The van der Waals surface area contributed by atoms with Crippen LogP contribution in [0.4, 0.5) is 10.1 Å². The van der Waals surface area contributed by atoms with E-state index in [1.54, 1.807) is 33.2 Å². The van der Waals surface area contributed by atoms with Crippen molar-refractivity contribution < 1.29 is 18.7 Å². The highest BCUT2D eigenvalue weighted by Crippen LogP contribution is 2.40. The van der Waals surface area contributed by atoms with Gasteiger partial charge in [0.15, 0.2) is 11.6 Å². The number of primary amides is 1. The van der Waals surface area contributed by atoms with Crippen molar-refractivity contribution in [3.63, 3.8) is 0 Å². The Labute approximate surface area is 177 Å². The number of carbonyl (C=O) groups excluding carboxylic acids is 2. The molecule has 158 valence electrons. The van der Waals surface area contributed by atoms with Crippen LogP contribution in [-0.2, 0) is 11.2 Å². The highest BCUT2D eigenvalue weighted by atomic mass is 32.1. The smallest absolute Gasteiger partial charge is 0.260 e. The van der Waals surface area contributed by atoms with Crippen molar-refractivity contribution >= 4 is 39.1 Å². The van der Waals surface area contributed by atoms with Gasteiger partial charge in [0.05, 0.1) is 11.1 Å². The van der Waals surface area contributed by atoms with Crippen molar-refractivity contribution in [1.82, 2.24) is 9.88 Å². The van der Waals surface area contributed by atoms with Gasteiger partial charge in [-0.2, -0.15) is 0 Å². The zero-order chi connectivity index (χ0) is 22.0. The molecular weight excluding hydrogens is 407 g/mol. The Bertz CT molecular complexity index is 1130. The van der Waals surface area contributed by atoms with Crippen molar-refractivity contribution in [2.75, 3.05) is 19.8 Å². The zero-order valence-corrected chi connectivity index (χ0v) is 17.8. The number of nitrogens with two attached hydrogens (primary N) is 2. The van der Waals surface area contributed by atoms with Gasteiger partial charge < -0.3 is 21.1 Å². The van der Waals surface area contributed by atoms with Gasteiger partial charge in [-0.15, -0.1) is 11.3 Å². The molecule has 0 fully saturated rings. The van der Waals surface area contributed by atoms with E-state index >= 15 is 0 Å². The molecular formula is C21H23FN4O3S. The van der Waals surface area contributed by atoms with Crippen LogP contribution in [0.1, 0.15) is 33.8 Å². The Balaban J connectivity index is 1.84. The number of pyridine rings is 1. The van der Waals surface area contributed by atoms with E-state index in [4.69, 9.17) is 16.2 Å². The summed E-state index contributed by atoms with van der Waals surface area (Å²) in [6.07, 6.45) is 1.61. The van der Waals surface area contributed by atoms with E-state index in [9.17, 15) is 14.0 Å². The van der Waals surface area contributed by atoms with E-state index in [-0.39, 0.29) is 22.2 Å². The Morgan fingerprint density at radius 1 is 1.23 bits per heavy atom. The van der Waals surface area contributed by atoms with Gasteiger partial charge in [0.1, 0.15) is 15.5 Å². The van der Waals surface area contributed by atoms with E-state index in [0.717, 1.165) is 16.9 Å². The molecule has 0 radical (unpaired) electrons. The van der Waals surface area contributed by atoms with Crippen molar-refractivity contribution in [2.45, 2.75) is 26.2 Å². The van der Waals surface area contributed by atoms with Gasteiger partial charge in [-0.1, -0.05) is 6.07 Å². The number of nitrogen functional groups attached to an aromatic ring is 1. The highest BCUT2D eigenvalue weighted by Gasteiger charge is 2.20. The largest absolute Gasteiger partial charge is 0.453 e. The number of benzene rings is 1. The summed E-state index contributed by atoms with van der Waals surface area (Å²) in [6.45, 7) is 1.76. The minimum Gasteiger partial charge on any atom is -0.453 e. The molecule has 0 saturated heterocycles. The third-order valence-corrected chi connectivity index (χ3v) is 5.70. The minimum absolute atomic E-state index is 0.0289. The van der Waals surface area contributed by atoms with Crippen molar-refractivity contribution in [1.29, 1.82) is 0 Å². The number of halogens is 1. The molecule has 0 bridgehead atoms. The van der Waals surface area contributed by atoms with Crippen LogP contribution in [0.15, 0.2) is 24.3 Å². The molecule has 0 saturated carbocycles. The Hall–Kier alpha value is -3.20. The number of rotatable bonds is 7. The number of nitrogens with zero attached hydrogens (tertiary/aromatic N) is 2. The maximum absolute atomic E-state index is 14.7. The number of carbonyl (C=O) groups is 2. The third kappa shape index (κ3) is 4.51. The van der Waals surface area contributed by atoms with Crippen LogP contribution in [0.25, 0.3) is 10.2 Å². The molecule has 2 heterocycles. The summed E-state index contributed by atoms with van der Waals surface area (Å²) in [5, 5.41) is 0.435. The van der Waals surface area contributed by atoms with Gasteiger partial charge in [0.25, 0.3) is 5.91 Å². The van der Waals surface area contributed by atoms with Crippen molar-refractivity contribution in [3.8, 4) is 11.5 Å². The van der Waals surface area contributed by atoms with Gasteiger partial charge in [0.2, 0.25) is 5.91 Å². The molecule has 30 heavy (non-hydrogen) atoms. The van der Waals surface area contributed by atoms with Crippen molar-refractivity contribution in [3.05, 3.63) is 46.2 Å². The second-order valence-electron chi connectivity index (χ2n) is 7.16. The molecule has 3 rings (SSSR count). The molecule has 0 aliphatic rings. The highest BCUT2D eigenvalue weighted by molar-refractivity contribution is 7.21. The fourth-order valence-electron chi connectivity index (χ4n) is 3.03. The first-order valence-electron chi connectivity index (χ1n) is 9.33. The number of aromatic nitrogens is 1. The Morgan fingerprint density at radius 2 is 1.97 bits per heavy atom. The number of thiophene rings is 1. The lowest BCUT2D eigenvalue weighted by molar-refractivity contribution is -0.128. The molecule has 0 unspecified atom stereocenters. The Morgan fingerprint density at radius 3 is 2.60 bits per heavy atom. The van der Waals surface area contributed by atoms with Crippen LogP contribution in [-0.4, -0.2) is 35.8 Å². The quantitative estimate of drug-likeness (QED) is 0.595. The van der Waals surface area contributed by atoms with Gasteiger partial charge in [0, 0.05) is 32.3 Å². The molecule has 0 aliphatic heterocycles. The zero-order valence-electron chi connectivity index (χ0n) is 17.0. The number of anilines is 1. The summed E-state index contributed by atoms with van der Waals surface area (Å²) >= 11 is 1.08. The predicted molar refractivity (Wildman–Crippen MR) is 115 cm³/mol. The standard InChI is InChI=1S/C21H23FN4O3S/c1-11-9-15(17-18(23)19(20(24)28)30-21(17)25-11)29-14-8-7-12(10-13(14)22)5-4-6-16(27)26(2)3/h7-10H,4-6,23H2,1-3H3,(H2,24,28). The first kappa shape index (κ1) is 21.5. The van der Waals surface area contributed by atoms with Gasteiger partial charge in [-0.25, -0.2) is 9.37 Å². The van der Waals surface area contributed by atoms with E-state index < -0.39 is 11.7 Å². The maximum atomic E-state index is 14.7. The fraction of sp³-hybridized carbons (Fsp3) is 0.286. The molecule has 0 atom stereocenters. The SMILES string of the molecule is Cc1cc(Oc2ccc(CCCC(=O)N(C)C)cc2F)c2c(N)c(C(N)=O)sc2n1. The molecule has 3 aromatic rings. The average Bonchev–Trinajstić information content (AvgIpc) is 3.00. The molecule has 7 nitrogen and oxygen atoms in total. The lowest BCUT2D eigenvalue weighted by Gasteiger charge is -2.11. The van der Waals surface area contributed by atoms with Crippen molar-refractivity contribution in [2.24, 2.45) is 5.73 Å². The number of hydrogen-bond donors (Lipinski definition) is 2. The van der Waals surface area contributed by atoms with E-state index in [1.807, 2.05) is 0 Å². The molecule has 0 spiro atoms. The first-order valence-corrected chi connectivity index (χ1v) is 10.1. The lowest BCUT2D eigenvalue weighted by Crippen LogP contribution is -2.21. The van der Waals surface area contributed by atoms with Crippen LogP contribution in [0.3, 0.4) is 0 Å². The molecule has 2 amide bonds. The molecule has 1 aromatic carbocycles. The third-order valence-electron chi connectivity index (χ3n) is 4.59. The number of amides is 2. The fourth-order valence-corrected chi connectivity index (χ4v) is 4.04. The summed E-state index contributed by atoms with van der Waals surface area (Å²) in [6, 6.07) is 6.33. The summed E-state index contributed by atoms with van der Waals surface area (Å²) < 4.78 is 20.5. The van der Waals surface area contributed by atoms with Crippen LogP contribution in [0, 0.1) is 12.7 Å². The monoisotopic (exact) mass is 430 g/mol. The second-order valence-corrected chi connectivity index (χ2v) is 8.16. The first-order chi connectivity index (χ1) is 14.2. The molecule has 2 aromatic heterocycles. The molecule has 0 aliphatic carbocycles. The minimum atomic E-state index is -0.651. The topological polar surface area (TPSA) is 112 Å². The molecule has 9 heteroatoms. The normalized spacial score (nSPS) is 10.9. The van der Waals surface area contributed by atoms with Gasteiger partial charge in [-0.3, -0.25) is 9.59 Å². The number of ether oxygens (including phenoxy) is 1. The van der Waals surface area contributed by atoms with Crippen LogP contribution in [0.5, 0.6) is 11.5 Å². The summed E-state index contributed by atoms with van der Waals surface area (Å²) in [7, 11) is 3.41. The van der Waals surface area contributed by atoms with Crippen LogP contribution < -0.4 is 16.2 Å². The lowest BCUT2D eigenvalue weighted by atomic mass is 10.1. The Kier molecular flexibility index (Phi) is 6.21. The summed E-state index contributed by atoms with van der Waals surface area (Å²) in [4.78, 5) is 29.8. The van der Waals surface area contributed by atoms with Gasteiger partial charge >= 0.3 is 0 Å². The van der Waals surface area contributed by atoms with Gasteiger partial charge in [-0.05, 0) is 37.5 Å². The predicted octanol–water partition coefficient (Wildman–Crippen LogP) is 3.63. The van der Waals surface area contributed by atoms with E-state index in [1.165, 1.54) is 17.0 Å². The van der Waals surface area contributed by atoms with Crippen LogP contribution in [0.2, 0.25) is 0 Å². The van der Waals surface area contributed by atoms with E-state index in [0.29, 0.717) is 40.9 Å².